The molecule has 0 radical (unpaired) electrons. The van der Waals surface area contributed by atoms with Crippen LogP contribution in [-0.2, 0) is 0 Å². The summed E-state index contributed by atoms with van der Waals surface area (Å²) in [4.78, 5) is 26.3. The standard InChI is InChI=1S/C25H21NO6/c1-29-19-13-16(14-20(30-2)23(19)31-3)25(28)26-21-17-11-7-8-12-18(17)32-24(21)22(27)15-9-5-4-6-10-15/h4-14H,1-3H3,(H,26,28). The minimum Gasteiger partial charge on any atom is -0.493 e. The minimum atomic E-state index is -0.460. The minimum absolute atomic E-state index is 0.0539. The maximum absolute atomic E-state index is 13.2. The molecule has 1 heterocycles. The number of ketones is 1. The maximum atomic E-state index is 13.2. The van der Waals surface area contributed by atoms with Crippen molar-refractivity contribution in [2.75, 3.05) is 26.6 Å². The molecule has 1 amide bonds. The second-order valence-electron chi connectivity index (χ2n) is 6.87. The van der Waals surface area contributed by atoms with Gasteiger partial charge in [-0.15, -0.1) is 0 Å². The average Bonchev–Trinajstić information content (AvgIpc) is 3.21. The molecule has 0 atom stereocenters. The number of fused-ring (bicyclic) bond motifs is 1. The highest BCUT2D eigenvalue weighted by Crippen LogP contribution is 2.39. The summed E-state index contributed by atoms with van der Waals surface area (Å²) in [5.41, 5.74) is 1.51. The van der Waals surface area contributed by atoms with Crippen LogP contribution < -0.4 is 19.5 Å². The Hall–Kier alpha value is -4.26. The van der Waals surface area contributed by atoms with Crippen LogP contribution in [0.5, 0.6) is 17.2 Å². The number of anilines is 1. The topological polar surface area (TPSA) is 87.0 Å². The molecule has 7 nitrogen and oxygen atoms in total. The lowest BCUT2D eigenvalue weighted by atomic mass is 10.1. The summed E-state index contributed by atoms with van der Waals surface area (Å²) in [5.74, 6) is 0.322. The van der Waals surface area contributed by atoms with Gasteiger partial charge in [0, 0.05) is 16.5 Å². The van der Waals surface area contributed by atoms with Crippen LogP contribution in [0.2, 0.25) is 0 Å². The third kappa shape index (κ3) is 3.76. The lowest BCUT2D eigenvalue weighted by Gasteiger charge is -2.14. The first-order valence-corrected chi connectivity index (χ1v) is 9.80. The van der Waals surface area contributed by atoms with E-state index in [4.69, 9.17) is 18.6 Å². The largest absolute Gasteiger partial charge is 0.493 e. The fourth-order valence-corrected chi connectivity index (χ4v) is 3.45. The van der Waals surface area contributed by atoms with Crippen molar-refractivity contribution in [1.82, 2.24) is 0 Å². The predicted molar refractivity (Wildman–Crippen MR) is 120 cm³/mol. The lowest BCUT2D eigenvalue weighted by Crippen LogP contribution is -2.15. The zero-order chi connectivity index (χ0) is 22.7. The summed E-state index contributed by atoms with van der Waals surface area (Å²) in [7, 11) is 4.43. The molecular weight excluding hydrogens is 410 g/mol. The van der Waals surface area contributed by atoms with Crippen LogP contribution in [0.25, 0.3) is 11.0 Å². The fraction of sp³-hybridized carbons (Fsp3) is 0.120. The van der Waals surface area contributed by atoms with Gasteiger partial charge in [0.2, 0.25) is 11.5 Å². The van der Waals surface area contributed by atoms with Gasteiger partial charge in [-0.05, 0) is 24.3 Å². The van der Waals surface area contributed by atoms with Crippen molar-refractivity contribution in [3.63, 3.8) is 0 Å². The van der Waals surface area contributed by atoms with E-state index >= 15 is 0 Å². The van der Waals surface area contributed by atoms with Crippen LogP contribution in [-0.4, -0.2) is 33.0 Å². The van der Waals surface area contributed by atoms with Crippen molar-refractivity contribution in [3.05, 3.63) is 83.6 Å². The first-order chi connectivity index (χ1) is 15.6. The van der Waals surface area contributed by atoms with Crippen molar-refractivity contribution in [1.29, 1.82) is 0 Å². The van der Waals surface area contributed by atoms with Crippen molar-refractivity contribution in [3.8, 4) is 17.2 Å². The number of rotatable bonds is 7. The van der Waals surface area contributed by atoms with Crippen molar-refractivity contribution in [2.24, 2.45) is 0 Å². The van der Waals surface area contributed by atoms with Crippen molar-refractivity contribution >= 4 is 28.3 Å². The summed E-state index contributed by atoms with van der Waals surface area (Å²) in [5, 5.41) is 3.45. The van der Waals surface area contributed by atoms with Crippen molar-refractivity contribution < 1.29 is 28.2 Å². The van der Waals surface area contributed by atoms with Gasteiger partial charge in [0.15, 0.2) is 17.3 Å². The molecule has 0 saturated heterocycles. The molecule has 7 heteroatoms. The van der Waals surface area contributed by atoms with Gasteiger partial charge in [-0.1, -0.05) is 42.5 Å². The third-order valence-corrected chi connectivity index (χ3v) is 5.00. The van der Waals surface area contributed by atoms with Gasteiger partial charge in [-0.2, -0.15) is 0 Å². The molecule has 0 aliphatic heterocycles. The SMILES string of the molecule is COc1cc(C(=O)Nc2c(C(=O)c3ccccc3)oc3ccccc23)cc(OC)c1OC. The van der Waals surface area contributed by atoms with Crippen molar-refractivity contribution in [2.45, 2.75) is 0 Å². The normalized spacial score (nSPS) is 10.6. The van der Waals surface area contributed by atoms with Gasteiger partial charge in [0.05, 0.1) is 27.0 Å². The number of methoxy groups -OCH3 is 3. The van der Waals surface area contributed by atoms with E-state index in [0.717, 1.165) is 0 Å². The van der Waals surface area contributed by atoms with E-state index < -0.39 is 5.91 Å². The first-order valence-electron chi connectivity index (χ1n) is 9.80. The summed E-state index contributed by atoms with van der Waals surface area (Å²) in [6.45, 7) is 0. The number of furan rings is 1. The molecule has 0 saturated carbocycles. The maximum Gasteiger partial charge on any atom is 0.256 e. The Morgan fingerprint density at radius 3 is 2.03 bits per heavy atom. The number of amides is 1. The molecule has 1 N–H and O–H groups in total. The molecule has 0 bridgehead atoms. The van der Waals surface area contributed by atoms with E-state index in [1.165, 1.54) is 33.5 Å². The van der Waals surface area contributed by atoms with E-state index in [0.29, 0.717) is 39.5 Å². The zero-order valence-corrected chi connectivity index (χ0v) is 17.8. The molecule has 0 aliphatic rings. The lowest BCUT2D eigenvalue weighted by molar-refractivity contribution is 0.101. The van der Waals surface area contributed by atoms with Gasteiger partial charge in [0.25, 0.3) is 5.91 Å². The molecule has 3 aromatic carbocycles. The highest BCUT2D eigenvalue weighted by atomic mass is 16.5. The number of ether oxygens (including phenoxy) is 3. The van der Waals surface area contributed by atoms with Crippen LogP contribution in [0.3, 0.4) is 0 Å². The van der Waals surface area contributed by atoms with E-state index in [2.05, 4.69) is 5.32 Å². The molecular formula is C25H21NO6. The number of benzene rings is 3. The van der Waals surface area contributed by atoms with Crippen LogP contribution in [0.1, 0.15) is 26.5 Å². The summed E-state index contributed by atoms with van der Waals surface area (Å²) >= 11 is 0. The van der Waals surface area contributed by atoms with E-state index in [-0.39, 0.29) is 17.1 Å². The Morgan fingerprint density at radius 1 is 0.781 bits per heavy atom. The van der Waals surface area contributed by atoms with Crippen LogP contribution in [0.4, 0.5) is 5.69 Å². The Kier molecular flexibility index (Phi) is 5.81. The number of nitrogens with one attached hydrogen (secondary N) is 1. The molecule has 0 spiro atoms. The Morgan fingerprint density at radius 2 is 1.41 bits per heavy atom. The van der Waals surface area contributed by atoms with Crippen LogP contribution in [0, 0.1) is 0 Å². The second kappa shape index (κ2) is 8.85. The van der Waals surface area contributed by atoms with E-state index in [1.54, 1.807) is 42.5 Å². The zero-order valence-electron chi connectivity index (χ0n) is 17.8. The van der Waals surface area contributed by atoms with Crippen LogP contribution in [0.15, 0.2) is 71.1 Å². The van der Waals surface area contributed by atoms with Gasteiger partial charge in [-0.3, -0.25) is 9.59 Å². The molecule has 1 aromatic heterocycles. The quantitative estimate of drug-likeness (QED) is 0.417. The number of carbonyl (C=O) groups excluding carboxylic acids is 2. The highest BCUT2D eigenvalue weighted by molar-refractivity contribution is 6.19. The van der Waals surface area contributed by atoms with E-state index in [9.17, 15) is 9.59 Å². The first kappa shape index (κ1) is 21.0. The predicted octanol–water partition coefficient (Wildman–Crippen LogP) is 4.94. The van der Waals surface area contributed by atoms with Gasteiger partial charge in [-0.25, -0.2) is 0 Å². The van der Waals surface area contributed by atoms with Gasteiger partial charge in [0.1, 0.15) is 5.58 Å². The third-order valence-electron chi connectivity index (χ3n) is 5.00. The summed E-state index contributed by atoms with van der Waals surface area (Å²) < 4.78 is 21.8. The molecule has 4 aromatic rings. The molecule has 0 unspecified atom stereocenters. The second-order valence-corrected chi connectivity index (χ2v) is 6.87. The average molecular weight is 431 g/mol. The smallest absolute Gasteiger partial charge is 0.256 e. The molecule has 32 heavy (non-hydrogen) atoms. The van der Waals surface area contributed by atoms with Gasteiger partial charge >= 0.3 is 0 Å². The summed E-state index contributed by atoms with van der Waals surface area (Å²) in [6.07, 6.45) is 0. The monoisotopic (exact) mass is 431 g/mol. The Balaban J connectivity index is 1.78. The number of carbonyl (C=O) groups is 2. The number of hydrogen-bond donors (Lipinski definition) is 1. The Labute approximate surface area is 184 Å². The highest BCUT2D eigenvalue weighted by Gasteiger charge is 2.25. The Bertz CT molecular complexity index is 1270. The van der Waals surface area contributed by atoms with E-state index in [1.807, 2.05) is 12.1 Å². The van der Waals surface area contributed by atoms with Gasteiger partial charge < -0.3 is 23.9 Å². The molecule has 0 fully saturated rings. The van der Waals surface area contributed by atoms with Crippen LogP contribution >= 0.6 is 0 Å². The summed E-state index contributed by atoms with van der Waals surface area (Å²) in [6, 6.07) is 19.0. The molecule has 4 rings (SSSR count). The fourth-order valence-electron chi connectivity index (χ4n) is 3.45. The number of hydrogen-bond acceptors (Lipinski definition) is 6. The molecule has 162 valence electrons. The number of para-hydroxylation sites is 1. The molecule has 0 aliphatic carbocycles.